The monoisotopic (exact) mass is 396 g/mol. The van der Waals surface area contributed by atoms with E-state index in [2.05, 4.69) is 4.98 Å². The SMILES string of the molecule is O=C1COCC(c2cnccc2-c2ccc(F)cc2)N1Cc1ccc(Cl)cc1. The number of carbonyl (C=O) groups excluding carboxylic acids is 1. The molecule has 4 rings (SSSR count). The van der Waals surface area contributed by atoms with Crippen LogP contribution >= 0.6 is 11.6 Å². The summed E-state index contributed by atoms with van der Waals surface area (Å²) >= 11 is 5.97. The predicted octanol–water partition coefficient (Wildman–Crippen LogP) is 4.64. The van der Waals surface area contributed by atoms with Crippen molar-refractivity contribution in [2.24, 2.45) is 0 Å². The summed E-state index contributed by atoms with van der Waals surface area (Å²) < 4.78 is 18.9. The van der Waals surface area contributed by atoms with Crippen molar-refractivity contribution in [2.45, 2.75) is 12.6 Å². The normalized spacial score (nSPS) is 17.0. The minimum absolute atomic E-state index is 0.0518. The van der Waals surface area contributed by atoms with Gasteiger partial charge in [0.2, 0.25) is 5.91 Å². The summed E-state index contributed by atoms with van der Waals surface area (Å²) in [4.78, 5) is 18.7. The van der Waals surface area contributed by atoms with Gasteiger partial charge in [-0.25, -0.2) is 4.39 Å². The van der Waals surface area contributed by atoms with Gasteiger partial charge in [0.05, 0.1) is 12.6 Å². The molecule has 0 bridgehead atoms. The van der Waals surface area contributed by atoms with Crippen molar-refractivity contribution in [3.8, 4) is 11.1 Å². The Hall–Kier alpha value is -2.76. The van der Waals surface area contributed by atoms with E-state index in [0.717, 1.165) is 22.3 Å². The van der Waals surface area contributed by atoms with E-state index in [0.29, 0.717) is 18.2 Å². The maximum absolute atomic E-state index is 13.3. The van der Waals surface area contributed by atoms with E-state index >= 15 is 0 Å². The number of carbonyl (C=O) groups is 1. The number of rotatable bonds is 4. The molecule has 0 saturated carbocycles. The highest BCUT2D eigenvalue weighted by molar-refractivity contribution is 6.30. The van der Waals surface area contributed by atoms with Crippen LogP contribution in [0, 0.1) is 5.82 Å². The van der Waals surface area contributed by atoms with E-state index in [4.69, 9.17) is 16.3 Å². The molecular weight excluding hydrogens is 379 g/mol. The number of halogens is 2. The number of hydrogen-bond donors (Lipinski definition) is 0. The topological polar surface area (TPSA) is 42.4 Å². The third kappa shape index (κ3) is 3.91. The van der Waals surface area contributed by atoms with Crippen LogP contribution in [0.25, 0.3) is 11.1 Å². The largest absolute Gasteiger partial charge is 0.369 e. The Morgan fingerprint density at radius 2 is 1.86 bits per heavy atom. The fraction of sp³-hybridized carbons (Fsp3) is 0.182. The predicted molar refractivity (Wildman–Crippen MR) is 105 cm³/mol. The lowest BCUT2D eigenvalue weighted by Gasteiger charge is -2.36. The van der Waals surface area contributed by atoms with Crippen molar-refractivity contribution in [2.75, 3.05) is 13.2 Å². The van der Waals surface area contributed by atoms with E-state index in [1.807, 2.05) is 30.3 Å². The standard InChI is InChI=1S/C22H18ClFN2O2/c23-17-5-1-15(2-6-17)12-26-21(13-28-14-22(26)27)20-11-25-10-9-19(20)16-3-7-18(24)8-4-16/h1-11,21H,12-14H2. The molecular formula is C22H18ClFN2O2. The van der Waals surface area contributed by atoms with E-state index < -0.39 is 0 Å². The quantitative estimate of drug-likeness (QED) is 0.645. The zero-order valence-corrected chi connectivity index (χ0v) is 15.8. The number of nitrogens with zero attached hydrogens (tertiary/aromatic N) is 2. The number of hydrogen-bond acceptors (Lipinski definition) is 3. The summed E-state index contributed by atoms with van der Waals surface area (Å²) in [5.41, 5.74) is 3.62. The van der Waals surface area contributed by atoms with E-state index in [-0.39, 0.29) is 24.4 Å². The van der Waals surface area contributed by atoms with Crippen LogP contribution in [0.5, 0.6) is 0 Å². The van der Waals surface area contributed by atoms with Gasteiger partial charge < -0.3 is 9.64 Å². The van der Waals surface area contributed by atoms with E-state index in [1.165, 1.54) is 12.1 Å². The molecule has 28 heavy (non-hydrogen) atoms. The Bertz CT molecular complexity index is 977. The van der Waals surface area contributed by atoms with Gasteiger partial charge in [-0.05, 0) is 47.0 Å². The summed E-state index contributed by atoms with van der Waals surface area (Å²) in [6.45, 7) is 0.872. The van der Waals surface area contributed by atoms with Crippen LogP contribution in [0.1, 0.15) is 17.2 Å². The van der Waals surface area contributed by atoms with Gasteiger partial charge in [-0.2, -0.15) is 0 Å². The second kappa shape index (κ2) is 8.09. The highest BCUT2D eigenvalue weighted by atomic mass is 35.5. The lowest BCUT2D eigenvalue weighted by atomic mass is 9.95. The van der Waals surface area contributed by atoms with Crippen molar-refractivity contribution in [1.82, 2.24) is 9.88 Å². The molecule has 1 saturated heterocycles. The first-order chi connectivity index (χ1) is 13.6. The molecule has 0 spiro atoms. The molecule has 1 amide bonds. The van der Waals surface area contributed by atoms with Crippen molar-refractivity contribution in [1.29, 1.82) is 0 Å². The van der Waals surface area contributed by atoms with Crippen LogP contribution in [0.4, 0.5) is 4.39 Å². The van der Waals surface area contributed by atoms with Gasteiger partial charge in [-0.3, -0.25) is 9.78 Å². The minimum Gasteiger partial charge on any atom is -0.369 e. The highest BCUT2D eigenvalue weighted by Crippen LogP contribution is 2.34. The van der Waals surface area contributed by atoms with Crippen molar-refractivity contribution >= 4 is 17.5 Å². The number of benzene rings is 2. The maximum Gasteiger partial charge on any atom is 0.249 e. The van der Waals surface area contributed by atoms with Crippen LogP contribution in [0.3, 0.4) is 0 Å². The van der Waals surface area contributed by atoms with E-state index in [9.17, 15) is 9.18 Å². The summed E-state index contributed by atoms with van der Waals surface area (Å²) in [7, 11) is 0. The fourth-order valence-corrected chi connectivity index (χ4v) is 3.54. The van der Waals surface area contributed by atoms with Crippen molar-refractivity contribution < 1.29 is 13.9 Å². The van der Waals surface area contributed by atoms with Gasteiger partial charge in [0, 0.05) is 29.5 Å². The lowest BCUT2D eigenvalue weighted by molar-refractivity contribution is -0.149. The number of aromatic nitrogens is 1. The van der Waals surface area contributed by atoms with Crippen LogP contribution in [-0.4, -0.2) is 29.0 Å². The van der Waals surface area contributed by atoms with Gasteiger partial charge in [0.25, 0.3) is 0 Å². The molecule has 1 atom stereocenters. The Kier molecular flexibility index (Phi) is 5.37. The zero-order valence-electron chi connectivity index (χ0n) is 15.0. The summed E-state index contributed by atoms with van der Waals surface area (Å²) in [6, 6.07) is 15.3. The van der Waals surface area contributed by atoms with Crippen molar-refractivity contribution in [3.05, 3.63) is 89.0 Å². The average Bonchev–Trinajstić information content (AvgIpc) is 2.72. The first kappa shape index (κ1) is 18.6. The number of amides is 1. The van der Waals surface area contributed by atoms with Crippen LogP contribution in [0.15, 0.2) is 67.0 Å². The number of pyridine rings is 1. The lowest BCUT2D eigenvalue weighted by Crippen LogP contribution is -2.43. The Morgan fingerprint density at radius 1 is 1.11 bits per heavy atom. The van der Waals surface area contributed by atoms with Crippen molar-refractivity contribution in [3.63, 3.8) is 0 Å². The summed E-state index contributed by atoms with van der Waals surface area (Å²) in [5, 5.41) is 0.652. The molecule has 2 heterocycles. The fourth-order valence-electron chi connectivity index (χ4n) is 3.41. The molecule has 0 N–H and O–H groups in total. The molecule has 3 aromatic rings. The Labute approximate surface area is 167 Å². The minimum atomic E-state index is -0.292. The maximum atomic E-state index is 13.3. The average molecular weight is 397 g/mol. The molecule has 4 nitrogen and oxygen atoms in total. The molecule has 6 heteroatoms. The zero-order chi connectivity index (χ0) is 19.5. The Morgan fingerprint density at radius 3 is 2.61 bits per heavy atom. The third-order valence-corrected chi connectivity index (χ3v) is 5.08. The number of morpholine rings is 1. The molecule has 1 unspecified atom stereocenters. The molecule has 1 aliphatic heterocycles. The first-order valence-electron chi connectivity index (χ1n) is 8.93. The van der Waals surface area contributed by atoms with Gasteiger partial charge in [0.1, 0.15) is 12.4 Å². The molecule has 0 radical (unpaired) electrons. The van der Waals surface area contributed by atoms with Crippen LogP contribution in [0.2, 0.25) is 5.02 Å². The molecule has 0 aliphatic carbocycles. The third-order valence-electron chi connectivity index (χ3n) is 4.83. The van der Waals surface area contributed by atoms with Gasteiger partial charge >= 0.3 is 0 Å². The second-order valence-electron chi connectivity index (χ2n) is 6.65. The van der Waals surface area contributed by atoms with Crippen LogP contribution in [-0.2, 0) is 16.1 Å². The Balaban J connectivity index is 1.70. The van der Waals surface area contributed by atoms with E-state index in [1.54, 1.807) is 29.4 Å². The summed E-state index contributed by atoms with van der Waals surface area (Å²) in [5.74, 6) is -0.375. The number of ether oxygens (including phenoxy) is 1. The smallest absolute Gasteiger partial charge is 0.249 e. The first-order valence-corrected chi connectivity index (χ1v) is 9.31. The second-order valence-corrected chi connectivity index (χ2v) is 7.09. The molecule has 1 aromatic heterocycles. The molecule has 1 fully saturated rings. The molecule has 2 aromatic carbocycles. The highest BCUT2D eigenvalue weighted by Gasteiger charge is 2.31. The van der Waals surface area contributed by atoms with Gasteiger partial charge in [-0.15, -0.1) is 0 Å². The molecule has 142 valence electrons. The summed E-state index contributed by atoms with van der Waals surface area (Å²) in [6.07, 6.45) is 3.44. The van der Waals surface area contributed by atoms with Crippen LogP contribution < -0.4 is 0 Å². The van der Waals surface area contributed by atoms with Gasteiger partial charge in [-0.1, -0.05) is 35.9 Å². The molecule has 1 aliphatic rings. The van der Waals surface area contributed by atoms with Gasteiger partial charge in [0.15, 0.2) is 0 Å².